The molecule has 1 radical (unpaired) electrons. The van der Waals surface area contributed by atoms with Crippen molar-refractivity contribution in [2.24, 2.45) is 0 Å². The number of aromatic nitrogens is 4. The van der Waals surface area contributed by atoms with E-state index in [9.17, 15) is 0 Å². The molecule has 1 aromatic heterocycles. The van der Waals surface area contributed by atoms with Gasteiger partial charge >= 0.3 is 0 Å². The molecule has 0 amide bonds. The van der Waals surface area contributed by atoms with Gasteiger partial charge in [0.15, 0.2) is 5.82 Å². The first-order valence-corrected chi connectivity index (χ1v) is 4.08. The van der Waals surface area contributed by atoms with Crippen LogP contribution in [0.5, 0.6) is 0 Å². The fraction of sp³-hybridized carbons (Fsp3) is 0.222. The Morgan fingerprint density at radius 2 is 2.38 bits per heavy atom. The van der Waals surface area contributed by atoms with E-state index in [1.54, 1.807) is 0 Å². The molecule has 1 atom stereocenters. The number of nitrogens with one attached hydrogen (secondary N) is 1. The fourth-order valence-electron chi connectivity index (χ4n) is 1.17. The molecule has 4 heteroatoms. The van der Waals surface area contributed by atoms with Gasteiger partial charge in [-0.1, -0.05) is 31.2 Å². The first-order chi connectivity index (χ1) is 6.38. The van der Waals surface area contributed by atoms with Gasteiger partial charge in [-0.3, -0.25) is 0 Å². The quantitative estimate of drug-likeness (QED) is 0.741. The normalized spacial score (nSPS) is 12.7. The lowest BCUT2D eigenvalue weighted by molar-refractivity contribution is 0.820. The molecule has 13 heavy (non-hydrogen) atoms. The largest absolute Gasteiger partial charge is 0.242 e. The highest BCUT2D eigenvalue weighted by molar-refractivity contribution is 5.22. The molecule has 1 aromatic carbocycles. The number of hydrogen-bond donors (Lipinski definition) is 1. The van der Waals surface area contributed by atoms with Crippen LogP contribution in [0.25, 0.3) is 0 Å². The lowest BCUT2D eigenvalue weighted by Crippen LogP contribution is -1.98. The Kier molecular flexibility index (Phi) is 2.04. The molecule has 0 saturated heterocycles. The van der Waals surface area contributed by atoms with Crippen molar-refractivity contribution in [3.05, 3.63) is 41.7 Å². The van der Waals surface area contributed by atoms with Crippen LogP contribution in [-0.2, 0) is 0 Å². The monoisotopic (exact) mass is 173 g/mol. The van der Waals surface area contributed by atoms with Crippen LogP contribution in [0, 0.1) is 6.07 Å². The van der Waals surface area contributed by atoms with Gasteiger partial charge in [0.05, 0.1) is 0 Å². The third-order valence-electron chi connectivity index (χ3n) is 1.97. The van der Waals surface area contributed by atoms with Gasteiger partial charge in [-0.2, -0.15) is 0 Å². The van der Waals surface area contributed by atoms with Crippen molar-refractivity contribution in [3.8, 4) is 0 Å². The van der Waals surface area contributed by atoms with Crippen LogP contribution < -0.4 is 0 Å². The second kappa shape index (κ2) is 3.35. The van der Waals surface area contributed by atoms with E-state index in [0.29, 0.717) is 0 Å². The number of benzene rings is 1. The summed E-state index contributed by atoms with van der Waals surface area (Å²) in [6.07, 6.45) is 0. The number of H-pyrrole nitrogens is 1. The maximum atomic E-state index is 3.86. The fourth-order valence-corrected chi connectivity index (χ4v) is 1.17. The Morgan fingerprint density at radius 1 is 1.46 bits per heavy atom. The number of nitrogens with zero attached hydrogens (tertiary/aromatic N) is 3. The van der Waals surface area contributed by atoms with Crippen molar-refractivity contribution < 1.29 is 0 Å². The summed E-state index contributed by atoms with van der Waals surface area (Å²) in [5.74, 6) is 0.929. The van der Waals surface area contributed by atoms with E-state index < -0.39 is 0 Å². The zero-order valence-electron chi connectivity index (χ0n) is 7.23. The Hall–Kier alpha value is -1.71. The van der Waals surface area contributed by atoms with Crippen molar-refractivity contribution in [2.45, 2.75) is 12.8 Å². The molecule has 0 fully saturated rings. The molecule has 1 N–H and O–H groups in total. The van der Waals surface area contributed by atoms with E-state index in [-0.39, 0.29) is 5.92 Å². The van der Waals surface area contributed by atoms with E-state index in [0.717, 1.165) is 11.4 Å². The minimum atomic E-state index is 0.163. The van der Waals surface area contributed by atoms with Crippen molar-refractivity contribution in [1.29, 1.82) is 0 Å². The molecule has 0 aliphatic heterocycles. The van der Waals surface area contributed by atoms with Crippen molar-refractivity contribution >= 4 is 0 Å². The second-order valence-corrected chi connectivity index (χ2v) is 2.83. The van der Waals surface area contributed by atoms with Crippen LogP contribution >= 0.6 is 0 Å². The molecule has 65 valence electrons. The van der Waals surface area contributed by atoms with E-state index in [1.165, 1.54) is 0 Å². The molecule has 2 aromatic rings. The van der Waals surface area contributed by atoms with Gasteiger partial charge in [-0.15, -0.1) is 5.10 Å². The second-order valence-electron chi connectivity index (χ2n) is 2.83. The summed E-state index contributed by atoms with van der Waals surface area (Å²) in [6, 6.07) is 11.0. The molecule has 0 saturated carbocycles. The first kappa shape index (κ1) is 7.91. The molecule has 1 heterocycles. The summed E-state index contributed by atoms with van der Waals surface area (Å²) in [4.78, 5) is 0. The van der Waals surface area contributed by atoms with Gasteiger partial charge in [0, 0.05) is 5.92 Å². The summed E-state index contributed by atoms with van der Waals surface area (Å²) < 4.78 is 0. The first-order valence-electron chi connectivity index (χ1n) is 4.08. The number of aromatic amines is 1. The Balaban J connectivity index is 2.29. The van der Waals surface area contributed by atoms with Crippen LogP contribution in [-0.4, -0.2) is 20.6 Å². The zero-order valence-corrected chi connectivity index (χ0v) is 7.23. The summed E-state index contributed by atoms with van der Waals surface area (Å²) in [5.41, 5.74) is 1.08. The lowest BCUT2D eigenvalue weighted by Gasteiger charge is -2.05. The average Bonchev–Trinajstić information content (AvgIpc) is 2.71. The number of hydrogen-bond acceptors (Lipinski definition) is 3. The molecule has 0 aliphatic carbocycles. The van der Waals surface area contributed by atoms with E-state index in [2.05, 4.69) is 26.7 Å². The van der Waals surface area contributed by atoms with Crippen molar-refractivity contribution in [3.63, 3.8) is 0 Å². The zero-order chi connectivity index (χ0) is 9.10. The van der Waals surface area contributed by atoms with E-state index >= 15 is 0 Å². The average molecular weight is 173 g/mol. The molecule has 0 spiro atoms. The standard InChI is InChI=1S/C9H9N4/c1-7(9-10-12-13-11-9)8-5-3-2-4-6-8/h2-5,7H,1H3,(H,10,11,12,13). The minimum Gasteiger partial charge on any atom is -0.242 e. The maximum absolute atomic E-state index is 3.86. The Bertz CT molecular complexity index is 354. The highest BCUT2D eigenvalue weighted by atomic mass is 15.5. The number of rotatable bonds is 2. The van der Waals surface area contributed by atoms with Gasteiger partial charge < -0.3 is 0 Å². The SMILES string of the molecule is CC(c1[c]cccc1)c1nnn[nH]1. The van der Waals surface area contributed by atoms with Crippen LogP contribution in [0.4, 0.5) is 0 Å². The van der Waals surface area contributed by atoms with Crippen LogP contribution in [0.3, 0.4) is 0 Å². The summed E-state index contributed by atoms with van der Waals surface area (Å²) in [5, 5.41) is 13.7. The molecular formula is C9H9N4. The molecule has 4 nitrogen and oxygen atoms in total. The van der Waals surface area contributed by atoms with E-state index in [1.807, 2.05) is 31.2 Å². The van der Waals surface area contributed by atoms with Gasteiger partial charge in [-0.25, -0.2) is 5.10 Å². The van der Waals surface area contributed by atoms with Gasteiger partial charge in [-0.05, 0) is 22.1 Å². The summed E-state index contributed by atoms with van der Waals surface area (Å²) in [6.45, 7) is 2.04. The minimum absolute atomic E-state index is 0.163. The third kappa shape index (κ3) is 1.56. The van der Waals surface area contributed by atoms with Crippen molar-refractivity contribution in [2.75, 3.05) is 0 Å². The molecular weight excluding hydrogens is 164 g/mol. The van der Waals surface area contributed by atoms with Crippen molar-refractivity contribution in [1.82, 2.24) is 20.6 Å². The van der Waals surface area contributed by atoms with Crippen LogP contribution in [0.15, 0.2) is 24.3 Å². The van der Waals surface area contributed by atoms with Gasteiger partial charge in [0.2, 0.25) is 0 Å². The topological polar surface area (TPSA) is 54.5 Å². The van der Waals surface area contributed by atoms with E-state index in [4.69, 9.17) is 0 Å². The maximum Gasteiger partial charge on any atom is 0.155 e. The Labute approximate surface area is 76.0 Å². The molecule has 0 aliphatic rings. The molecule has 1 unspecified atom stereocenters. The summed E-state index contributed by atoms with van der Waals surface area (Å²) >= 11 is 0. The molecule has 2 rings (SSSR count). The highest BCUT2D eigenvalue weighted by Crippen LogP contribution is 2.18. The molecule has 0 bridgehead atoms. The predicted molar refractivity (Wildman–Crippen MR) is 47.0 cm³/mol. The third-order valence-corrected chi connectivity index (χ3v) is 1.97. The van der Waals surface area contributed by atoms with Gasteiger partial charge in [0.25, 0.3) is 0 Å². The highest BCUT2D eigenvalue weighted by Gasteiger charge is 2.10. The van der Waals surface area contributed by atoms with Crippen LogP contribution in [0.1, 0.15) is 24.2 Å². The lowest BCUT2D eigenvalue weighted by atomic mass is 10.0. The number of tetrazole rings is 1. The summed E-state index contributed by atoms with van der Waals surface area (Å²) in [7, 11) is 0. The Morgan fingerprint density at radius 3 is 3.00 bits per heavy atom. The predicted octanol–water partition coefficient (Wildman–Crippen LogP) is 1.15. The van der Waals surface area contributed by atoms with Gasteiger partial charge in [0.1, 0.15) is 0 Å². The van der Waals surface area contributed by atoms with Crippen LogP contribution in [0.2, 0.25) is 0 Å². The smallest absolute Gasteiger partial charge is 0.155 e.